The second-order valence-electron chi connectivity index (χ2n) is 4.70. The van der Waals surface area contributed by atoms with E-state index in [1.807, 2.05) is 18.5 Å². The average molecular weight is 238 g/mol. The molecule has 1 aliphatic rings. The number of nitriles is 1. The highest BCUT2D eigenvalue weighted by molar-refractivity contribution is 6.30. The van der Waals surface area contributed by atoms with Crippen LogP contribution in [-0.2, 0) is 0 Å². The summed E-state index contributed by atoms with van der Waals surface area (Å²) in [6.45, 7) is 4.08. The molecule has 86 valence electrons. The first-order valence-electron chi connectivity index (χ1n) is 5.83. The highest BCUT2D eigenvalue weighted by atomic mass is 35.5. The van der Waals surface area contributed by atoms with Gasteiger partial charge in [-0.25, -0.2) is 4.68 Å². The molecule has 0 unspecified atom stereocenters. The van der Waals surface area contributed by atoms with Crippen LogP contribution in [0.4, 0.5) is 0 Å². The second kappa shape index (κ2) is 4.47. The van der Waals surface area contributed by atoms with Gasteiger partial charge in [0.1, 0.15) is 16.8 Å². The number of nitrogens with zero attached hydrogens (tertiary/aromatic N) is 3. The van der Waals surface area contributed by atoms with E-state index in [1.165, 1.54) is 12.8 Å². The zero-order valence-electron chi connectivity index (χ0n) is 9.70. The molecule has 1 heterocycles. The van der Waals surface area contributed by atoms with Gasteiger partial charge in [0.25, 0.3) is 0 Å². The molecule has 1 aliphatic carbocycles. The first-order valence-corrected chi connectivity index (χ1v) is 6.21. The standard InChI is InChI=1S/C12H16ClN3/c1-8(2)11-10(7-14)12(13)16(15-11)9-5-3-4-6-9/h8-9H,3-6H2,1-2H3. The number of hydrogen-bond donors (Lipinski definition) is 0. The molecule has 1 fully saturated rings. The van der Waals surface area contributed by atoms with Gasteiger partial charge in [-0.15, -0.1) is 0 Å². The summed E-state index contributed by atoms with van der Waals surface area (Å²) in [5, 5.41) is 14.2. The van der Waals surface area contributed by atoms with E-state index >= 15 is 0 Å². The molecular formula is C12H16ClN3. The Balaban J connectivity index is 2.43. The van der Waals surface area contributed by atoms with Gasteiger partial charge in [-0.1, -0.05) is 38.3 Å². The highest BCUT2D eigenvalue weighted by Gasteiger charge is 2.25. The summed E-state index contributed by atoms with van der Waals surface area (Å²) >= 11 is 6.23. The molecule has 2 rings (SSSR count). The lowest BCUT2D eigenvalue weighted by Gasteiger charge is -2.10. The number of halogens is 1. The lowest BCUT2D eigenvalue weighted by atomic mass is 10.1. The molecule has 0 radical (unpaired) electrons. The minimum Gasteiger partial charge on any atom is -0.249 e. The molecule has 1 aromatic heterocycles. The van der Waals surface area contributed by atoms with Gasteiger partial charge in [-0.2, -0.15) is 10.4 Å². The highest BCUT2D eigenvalue weighted by Crippen LogP contribution is 2.34. The van der Waals surface area contributed by atoms with Crippen LogP contribution >= 0.6 is 11.6 Å². The first-order chi connectivity index (χ1) is 7.65. The van der Waals surface area contributed by atoms with Gasteiger partial charge in [-0.05, 0) is 18.8 Å². The van der Waals surface area contributed by atoms with Crippen molar-refractivity contribution in [1.82, 2.24) is 9.78 Å². The SMILES string of the molecule is CC(C)c1nn(C2CCCC2)c(Cl)c1C#N. The summed E-state index contributed by atoms with van der Waals surface area (Å²) in [5.41, 5.74) is 1.39. The van der Waals surface area contributed by atoms with Gasteiger partial charge in [0.2, 0.25) is 0 Å². The summed E-state index contributed by atoms with van der Waals surface area (Å²) in [5.74, 6) is 0.245. The molecule has 3 nitrogen and oxygen atoms in total. The van der Waals surface area contributed by atoms with Crippen molar-refractivity contribution in [3.05, 3.63) is 16.4 Å². The van der Waals surface area contributed by atoms with Crippen LogP contribution in [0.2, 0.25) is 5.15 Å². The van der Waals surface area contributed by atoms with E-state index < -0.39 is 0 Å². The van der Waals surface area contributed by atoms with Crippen molar-refractivity contribution in [3.63, 3.8) is 0 Å². The van der Waals surface area contributed by atoms with E-state index in [1.54, 1.807) is 0 Å². The Hall–Kier alpha value is -1.01. The van der Waals surface area contributed by atoms with Gasteiger partial charge in [0.15, 0.2) is 0 Å². The van der Waals surface area contributed by atoms with E-state index in [0.29, 0.717) is 16.8 Å². The summed E-state index contributed by atoms with van der Waals surface area (Å²) in [4.78, 5) is 0. The average Bonchev–Trinajstić information content (AvgIpc) is 2.84. The topological polar surface area (TPSA) is 41.6 Å². The maximum atomic E-state index is 9.12. The molecule has 4 heteroatoms. The summed E-state index contributed by atoms with van der Waals surface area (Å²) in [6, 6.07) is 2.57. The molecule has 0 N–H and O–H groups in total. The van der Waals surface area contributed by atoms with Gasteiger partial charge < -0.3 is 0 Å². The zero-order valence-corrected chi connectivity index (χ0v) is 10.5. The minimum atomic E-state index is 0.245. The Bertz CT molecular complexity index is 422. The number of rotatable bonds is 2. The largest absolute Gasteiger partial charge is 0.249 e. The van der Waals surface area contributed by atoms with Crippen molar-refractivity contribution in [3.8, 4) is 6.07 Å². The van der Waals surface area contributed by atoms with Crippen LogP contribution < -0.4 is 0 Å². The van der Waals surface area contributed by atoms with Crippen molar-refractivity contribution in [2.75, 3.05) is 0 Å². The van der Waals surface area contributed by atoms with E-state index in [0.717, 1.165) is 18.5 Å². The molecular weight excluding hydrogens is 222 g/mol. The molecule has 0 atom stereocenters. The molecule has 0 amide bonds. The van der Waals surface area contributed by atoms with Crippen molar-refractivity contribution in [2.24, 2.45) is 0 Å². The Morgan fingerprint density at radius 1 is 1.44 bits per heavy atom. The molecule has 0 aliphatic heterocycles. The van der Waals surface area contributed by atoms with Crippen LogP contribution in [0.5, 0.6) is 0 Å². The van der Waals surface area contributed by atoms with Crippen LogP contribution in [0.25, 0.3) is 0 Å². The number of hydrogen-bond acceptors (Lipinski definition) is 2. The molecule has 0 aromatic carbocycles. The van der Waals surface area contributed by atoms with Crippen LogP contribution in [-0.4, -0.2) is 9.78 Å². The molecule has 0 saturated heterocycles. The minimum absolute atomic E-state index is 0.245. The maximum absolute atomic E-state index is 9.12. The monoisotopic (exact) mass is 237 g/mol. The first kappa shape index (κ1) is 11.5. The Kier molecular flexibility index (Phi) is 3.20. The van der Waals surface area contributed by atoms with Crippen LogP contribution in [0.3, 0.4) is 0 Å². The number of aromatic nitrogens is 2. The van der Waals surface area contributed by atoms with Gasteiger partial charge in [0, 0.05) is 0 Å². The van der Waals surface area contributed by atoms with Crippen molar-refractivity contribution in [2.45, 2.75) is 51.5 Å². The van der Waals surface area contributed by atoms with Crippen molar-refractivity contribution in [1.29, 1.82) is 5.26 Å². The third-order valence-corrected chi connectivity index (χ3v) is 3.57. The summed E-state index contributed by atoms with van der Waals surface area (Å²) in [7, 11) is 0. The van der Waals surface area contributed by atoms with Gasteiger partial charge in [-0.3, -0.25) is 0 Å². The molecule has 1 aromatic rings. The predicted octanol–water partition coefficient (Wildman–Crippen LogP) is 3.65. The van der Waals surface area contributed by atoms with Gasteiger partial charge in [0.05, 0.1) is 11.7 Å². The molecule has 0 bridgehead atoms. The fourth-order valence-corrected chi connectivity index (χ4v) is 2.64. The Labute approximate surface area is 101 Å². The van der Waals surface area contributed by atoms with E-state index in [9.17, 15) is 0 Å². The van der Waals surface area contributed by atoms with Crippen molar-refractivity contribution < 1.29 is 0 Å². The summed E-state index contributed by atoms with van der Waals surface area (Å²) < 4.78 is 1.86. The van der Waals surface area contributed by atoms with Crippen LogP contribution in [0, 0.1) is 11.3 Å². The maximum Gasteiger partial charge on any atom is 0.145 e. The lowest BCUT2D eigenvalue weighted by Crippen LogP contribution is -2.07. The lowest BCUT2D eigenvalue weighted by molar-refractivity contribution is 0.461. The van der Waals surface area contributed by atoms with E-state index in [-0.39, 0.29) is 5.92 Å². The predicted molar refractivity (Wildman–Crippen MR) is 63.5 cm³/mol. The van der Waals surface area contributed by atoms with Crippen molar-refractivity contribution >= 4 is 11.6 Å². The smallest absolute Gasteiger partial charge is 0.145 e. The van der Waals surface area contributed by atoms with Crippen LogP contribution in [0.1, 0.15) is 62.7 Å². The molecule has 1 saturated carbocycles. The Morgan fingerprint density at radius 2 is 2.06 bits per heavy atom. The van der Waals surface area contributed by atoms with Gasteiger partial charge >= 0.3 is 0 Å². The Morgan fingerprint density at radius 3 is 2.50 bits per heavy atom. The summed E-state index contributed by atoms with van der Waals surface area (Å²) in [6.07, 6.45) is 4.73. The fraction of sp³-hybridized carbons (Fsp3) is 0.667. The van der Waals surface area contributed by atoms with Crippen LogP contribution in [0.15, 0.2) is 0 Å². The second-order valence-corrected chi connectivity index (χ2v) is 5.06. The third-order valence-electron chi connectivity index (χ3n) is 3.21. The quantitative estimate of drug-likeness (QED) is 0.788. The third kappa shape index (κ3) is 1.82. The molecule has 0 spiro atoms. The van der Waals surface area contributed by atoms with E-state index in [4.69, 9.17) is 16.9 Å². The molecule has 16 heavy (non-hydrogen) atoms. The van der Waals surface area contributed by atoms with E-state index in [2.05, 4.69) is 11.2 Å². The normalized spacial score (nSPS) is 16.9. The fourth-order valence-electron chi connectivity index (χ4n) is 2.33. The zero-order chi connectivity index (χ0) is 11.7.